The molecule has 1 heterocycles. The first kappa shape index (κ1) is 11.9. The van der Waals surface area contributed by atoms with E-state index in [0.29, 0.717) is 6.61 Å². The third-order valence-electron chi connectivity index (χ3n) is 1.86. The SMILES string of the molecule is B[C@H]1CNCC(CO[PH](=O)/N=C/C)O1. The molecule has 0 bridgehead atoms. The Morgan fingerprint density at radius 1 is 1.79 bits per heavy atom. The van der Waals surface area contributed by atoms with E-state index in [1.165, 1.54) is 6.21 Å². The second kappa shape index (κ2) is 6.35. The van der Waals surface area contributed by atoms with Crippen LogP contribution in [-0.2, 0) is 13.8 Å². The summed E-state index contributed by atoms with van der Waals surface area (Å²) in [7, 11) is -0.252. The molecule has 1 fully saturated rings. The molecule has 1 rings (SSSR count). The molecule has 3 atom stereocenters. The van der Waals surface area contributed by atoms with Crippen LogP contribution < -0.4 is 5.32 Å². The molecule has 0 aromatic rings. The van der Waals surface area contributed by atoms with Crippen molar-refractivity contribution in [1.29, 1.82) is 0 Å². The van der Waals surface area contributed by atoms with Gasteiger partial charge >= 0.3 is 8.18 Å². The van der Waals surface area contributed by atoms with E-state index in [2.05, 4.69) is 10.1 Å². The highest BCUT2D eigenvalue weighted by atomic mass is 31.1. The molecule has 0 aromatic heterocycles. The standard InChI is InChI=1S/C7H16BN2O3P/c1-2-10-14(11)12-5-6-3-9-4-7(8)13-6/h2,6-7,9,14H,3-5,8H2,1H3/b10-2+/t6?,7-/m1/s1. The Kier molecular flexibility index (Phi) is 5.41. The van der Waals surface area contributed by atoms with Gasteiger partial charge in [-0.25, -0.2) is 4.76 Å². The number of hydrogen-bond donors (Lipinski definition) is 1. The van der Waals surface area contributed by atoms with Crippen LogP contribution >= 0.6 is 8.18 Å². The lowest BCUT2D eigenvalue weighted by atomic mass is 9.98. The van der Waals surface area contributed by atoms with E-state index in [4.69, 9.17) is 9.26 Å². The average Bonchev–Trinajstić information content (AvgIpc) is 2.15. The number of nitrogens with one attached hydrogen (secondary N) is 1. The van der Waals surface area contributed by atoms with Crippen molar-refractivity contribution in [2.75, 3.05) is 19.7 Å². The van der Waals surface area contributed by atoms with Crippen molar-refractivity contribution in [2.45, 2.75) is 19.0 Å². The second-order valence-electron chi connectivity index (χ2n) is 3.19. The Labute approximate surface area is 85.6 Å². The summed E-state index contributed by atoms with van der Waals surface area (Å²) in [6.07, 6.45) is 1.48. The summed E-state index contributed by atoms with van der Waals surface area (Å²) in [4.78, 5) is 0. The van der Waals surface area contributed by atoms with Gasteiger partial charge in [0, 0.05) is 25.3 Å². The average molecular weight is 218 g/mol. The largest absolute Gasteiger partial charge is 0.379 e. The molecular formula is C7H16BN2O3P. The Hall–Kier alpha value is -0.155. The van der Waals surface area contributed by atoms with Crippen LogP contribution in [0.2, 0.25) is 0 Å². The van der Waals surface area contributed by atoms with Gasteiger partial charge in [-0.2, -0.15) is 0 Å². The van der Waals surface area contributed by atoms with Gasteiger partial charge in [-0.3, -0.25) is 4.57 Å². The van der Waals surface area contributed by atoms with Gasteiger partial charge in [-0.1, -0.05) is 0 Å². The monoisotopic (exact) mass is 218 g/mol. The van der Waals surface area contributed by atoms with Crippen LogP contribution in [0, 0.1) is 0 Å². The fraction of sp³-hybridized carbons (Fsp3) is 0.857. The van der Waals surface area contributed by atoms with Crippen LogP contribution in [-0.4, -0.2) is 45.9 Å². The van der Waals surface area contributed by atoms with Crippen LogP contribution in [0.1, 0.15) is 6.92 Å². The van der Waals surface area contributed by atoms with Gasteiger partial charge in [0.1, 0.15) is 7.85 Å². The number of morpholine rings is 1. The third kappa shape index (κ3) is 4.37. The zero-order valence-corrected chi connectivity index (χ0v) is 9.53. The van der Waals surface area contributed by atoms with E-state index in [9.17, 15) is 4.57 Å². The molecule has 0 radical (unpaired) electrons. The summed E-state index contributed by atoms with van der Waals surface area (Å²) in [6.45, 7) is 3.66. The molecule has 0 amide bonds. The molecule has 5 nitrogen and oxygen atoms in total. The lowest BCUT2D eigenvalue weighted by Crippen LogP contribution is -2.46. The molecule has 0 spiro atoms. The minimum atomic E-state index is -2.24. The third-order valence-corrected chi connectivity index (χ3v) is 2.74. The minimum absolute atomic E-state index is 0.0141. The Morgan fingerprint density at radius 2 is 2.57 bits per heavy atom. The maximum atomic E-state index is 11.1. The molecule has 1 saturated heterocycles. The summed E-state index contributed by atoms with van der Waals surface area (Å²) in [5.41, 5.74) is 0. The zero-order valence-electron chi connectivity index (χ0n) is 8.53. The van der Waals surface area contributed by atoms with Crippen molar-refractivity contribution in [3.8, 4) is 0 Å². The predicted molar refractivity (Wildman–Crippen MR) is 59.2 cm³/mol. The minimum Gasteiger partial charge on any atom is -0.379 e. The lowest BCUT2D eigenvalue weighted by Gasteiger charge is -2.28. The first-order valence-corrected chi connectivity index (χ1v) is 6.00. The summed E-state index contributed by atoms with van der Waals surface area (Å²) in [5.74, 6) is 0. The van der Waals surface area contributed by atoms with Gasteiger partial charge in [0.25, 0.3) is 0 Å². The van der Waals surface area contributed by atoms with Gasteiger partial charge < -0.3 is 14.6 Å². The fourth-order valence-electron chi connectivity index (χ4n) is 1.28. The summed E-state index contributed by atoms with van der Waals surface area (Å²) in [6, 6.07) is 0.189. The highest BCUT2D eigenvalue weighted by molar-refractivity contribution is 7.37. The molecule has 1 aliphatic heterocycles. The smallest absolute Gasteiger partial charge is 0.302 e. The molecule has 0 aromatic carbocycles. The molecule has 1 aliphatic rings. The van der Waals surface area contributed by atoms with Crippen LogP contribution in [0.5, 0.6) is 0 Å². The first-order chi connectivity index (χ1) is 6.72. The molecular weight excluding hydrogens is 202 g/mol. The van der Waals surface area contributed by atoms with Crippen molar-refractivity contribution in [1.82, 2.24) is 5.32 Å². The maximum Gasteiger partial charge on any atom is 0.302 e. The number of ether oxygens (including phenoxy) is 1. The number of nitrogens with zero attached hydrogens (tertiary/aromatic N) is 1. The van der Waals surface area contributed by atoms with Crippen molar-refractivity contribution in [3.63, 3.8) is 0 Å². The van der Waals surface area contributed by atoms with Crippen molar-refractivity contribution >= 4 is 22.2 Å². The lowest BCUT2D eigenvalue weighted by molar-refractivity contribution is -0.0186. The van der Waals surface area contributed by atoms with E-state index in [1.807, 2.05) is 7.85 Å². The van der Waals surface area contributed by atoms with Crippen molar-refractivity contribution in [2.24, 2.45) is 4.76 Å². The molecule has 7 heteroatoms. The van der Waals surface area contributed by atoms with Crippen molar-refractivity contribution < 1.29 is 13.8 Å². The zero-order chi connectivity index (χ0) is 10.4. The Morgan fingerprint density at radius 3 is 3.21 bits per heavy atom. The van der Waals surface area contributed by atoms with Gasteiger partial charge in [0.05, 0.1) is 12.7 Å². The summed E-state index contributed by atoms with van der Waals surface area (Å²) >= 11 is 0. The van der Waals surface area contributed by atoms with E-state index >= 15 is 0 Å². The van der Waals surface area contributed by atoms with Crippen LogP contribution in [0.4, 0.5) is 0 Å². The first-order valence-electron chi connectivity index (χ1n) is 4.74. The molecule has 1 N–H and O–H groups in total. The fourth-order valence-corrected chi connectivity index (χ4v) is 1.89. The van der Waals surface area contributed by atoms with E-state index in [1.54, 1.807) is 6.92 Å². The Balaban J connectivity index is 2.20. The van der Waals surface area contributed by atoms with Crippen LogP contribution in [0.3, 0.4) is 0 Å². The van der Waals surface area contributed by atoms with E-state index < -0.39 is 8.18 Å². The maximum absolute atomic E-state index is 11.1. The van der Waals surface area contributed by atoms with E-state index in [-0.39, 0.29) is 12.1 Å². The van der Waals surface area contributed by atoms with Gasteiger partial charge in [-0.15, -0.1) is 0 Å². The number of hydrogen-bond acceptors (Lipinski definition) is 4. The molecule has 0 saturated carbocycles. The summed E-state index contributed by atoms with van der Waals surface area (Å²) < 4.78 is 25.3. The number of rotatable bonds is 4. The van der Waals surface area contributed by atoms with Crippen LogP contribution in [0.25, 0.3) is 0 Å². The topological polar surface area (TPSA) is 59.9 Å². The van der Waals surface area contributed by atoms with Crippen molar-refractivity contribution in [3.05, 3.63) is 0 Å². The normalized spacial score (nSPS) is 30.6. The van der Waals surface area contributed by atoms with Crippen LogP contribution in [0.15, 0.2) is 4.76 Å². The molecule has 80 valence electrons. The molecule has 0 aliphatic carbocycles. The Bertz CT molecular complexity index is 227. The quantitative estimate of drug-likeness (QED) is 0.390. The van der Waals surface area contributed by atoms with Gasteiger partial charge in [0.2, 0.25) is 0 Å². The van der Waals surface area contributed by atoms with Gasteiger partial charge in [-0.05, 0) is 6.92 Å². The van der Waals surface area contributed by atoms with Gasteiger partial charge in [0.15, 0.2) is 0 Å². The highest BCUT2D eigenvalue weighted by Gasteiger charge is 2.19. The molecule has 2 unspecified atom stereocenters. The van der Waals surface area contributed by atoms with E-state index in [0.717, 1.165) is 13.1 Å². The molecule has 14 heavy (non-hydrogen) atoms. The second-order valence-corrected chi connectivity index (χ2v) is 4.27. The highest BCUT2D eigenvalue weighted by Crippen LogP contribution is 2.23. The predicted octanol–water partition coefficient (Wildman–Crippen LogP) is -0.569. The summed E-state index contributed by atoms with van der Waals surface area (Å²) in [5, 5.41) is 3.21.